The lowest BCUT2D eigenvalue weighted by molar-refractivity contribution is -0.141. The molecule has 1 aliphatic rings. The van der Waals surface area contributed by atoms with Gasteiger partial charge >= 0.3 is 5.97 Å². The third kappa shape index (κ3) is 6.74. The largest absolute Gasteiger partial charge is 0.468 e. The lowest BCUT2D eigenvalue weighted by Gasteiger charge is -2.30. The van der Waals surface area contributed by atoms with Crippen LogP contribution in [0.3, 0.4) is 0 Å². The van der Waals surface area contributed by atoms with E-state index in [0.717, 1.165) is 60.6 Å². The number of anilines is 1. The topological polar surface area (TPSA) is 92.6 Å². The molecule has 2 aromatic heterocycles. The van der Waals surface area contributed by atoms with Gasteiger partial charge in [-0.25, -0.2) is 4.68 Å². The van der Waals surface area contributed by atoms with Gasteiger partial charge in [0.25, 0.3) is 0 Å². The summed E-state index contributed by atoms with van der Waals surface area (Å²) in [6.07, 6.45) is 4.91. The first-order valence-corrected chi connectivity index (χ1v) is 14.2. The number of amides is 1. The minimum atomic E-state index is -0.474. The van der Waals surface area contributed by atoms with Gasteiger partial charge in [-0.3, -0.25) is 19.5 Å². The summed E-state index contributed by atoms with van der Waals surface area (Å²) < 4.78 is 6.53. The highest BCUT2D eigenvalue weighted by Crippen LogP contribution is 2.32. The number of esters is 1. The average molecular weight is 555 g/mol. The number of para-hydroxylation sites is 1. The van der Waals surface area contributed by atoms with Crippen LogP contribution in [0.1, 0.15) is 49.9 Å². The molecule has 214 valence electrons. The van der Waals surface area contributed by atoms with Crippen LogP contribution in [-0.4, -0.2) is 71.4 Å². The number of hydrogen-bond donors (Lipinski definition) is 1. The van der Waals surface area contributed by atoms with E-state index in [4.69, 9.17) is 14.8 Å². The fourth-order valence-corrected chi connectivity index (χ4v) is 5.41. The summed E-state index contributed by atoms with van der Waals surface area (Å²) in [5.41, 5.74) is 5.26. The van der Waals surface area contributed by atoms with E-state index in [0.29, 0.717) is 5.92 Å². The van der Waals surface area contributed by atoms with Crippen LogP contribution >= 0.6 is 0 Å². The van der Waals surface area contributed by atoms with E-state index in [-0.39, 0.29) is 24.9 Å². The molecular weight excluding hydrogens is 516 g/mol. The maximum atomic E-state index is 13.0. The van der Waals surface area contributed by atoms with Gasteiger partial charge in [0.05, 0.1) is 35.7 Å². The summed E-state index contributed by atoms with van der Waals surface area (Å²) in [5.74, 6) is -0.275. The molecule has 9 nitrogen and oxygen atoms in total. The van der Waals surface area contributed by atoms with Crippen molar-refractivity contribution in [2.24, 2.45) is 0 Å². The predicted octanol–water partition coefficient (Wildman–Crippen LogP) is 4.48. The normalized spacial score (nSPS) is 15.1. The first-order valence-electron chi connectivity index (χ1n) is 14.2. The molecular formula is C32H38N6O3. The van der Waals surface area contributed by atoms with Crippen LogP contribution in [0.5, 0.6) is 0 Å². The van der Waals surface area contributed by atoms with Crippen molar-refractivity contribution < 1.29 is 14.3 Å². The number of carbonyl (C=O) groups excluding carboxylic acids is 2. The third-order valence-corrected chi connectivity index (χ3v) is 7.69. The van der Waals surface area contributed by atoms with Crippen molar-refractivity contribution in [3.8, 4) is 5.69 Å². The van der Waals surface area contributed by atoms with Crippen LogP contribution in [0.15, 0.2) is 73.1 Å². The molecule has 0 spiro atoms. The second-order valence-corrected chi connectivity index (χ2v) is 10.7. The smallest absolute Gasteiger partial charge is 0.325 e. The minimum absolute atomic E-state index is 0.152. The van der Waals surface area contributed by atoms with Crippen molar-refractivity contribution >= 4 is 28.5 Å². The molecule has 1 saturated heterocycles. The second-order valence-electron chi connectivity index (χ2n) is 10.7. The molecule has 1 unspecified atom stereocenters. The first kappa shape index (κ1) is 28.3. The molecule has 1 fully saturated rings. The van der Waals surface area contributed by atoms with Gasteiger partial charge in [-0.15, -0.1) is 0 Å². The highest BCUT2D eigenvalue weighted by atomic mass is 16.5. The molecule has 2 aromatic carbocycles. The van der Waals surface area contributed by atoms with Gasteiger partial charge in [0.15, 0.2) is 0 Å². The minimum Gasteiger partial charge on any atom is -0.468 e. The summed E-state index contributed by atoms with van der Waals surface area (Å²) in [5, 5.41) is 8.74. The number of fused-ring (bicyclic) bond motifs is 1. The van der Waals surface area contributed by atoms with E-state index in [1.165, 1.54) is 12.7 Å². The Morgan fingerprint density at radius 1 is 1.00 bits per heavy atom. The number of carbonyl (C=O) groups is 2. The fourth-order valence-electron chi connectivity index (χ4n) is 5.41. The number of aromatic nitrogens is 3. The Morgan fingerprint density at radius 2 is 1.83 bits per heavy atom. The zero-order valence-corrected chi connectivity index (χ0v) is 24.0. The summed E-state index contributed by atoms with van der Waals surface area (Å²) >= 11 is 0. The molecule has 41 heavy (non-hydrogen) atoms. The monoisotopic (exact) mass is 554 g/mol. The second kappa shape index (κ2) is 13.0. The Bertz CT molecular complexity index is 1490. The maximum Gasteiger partial charge on any atom is 0.325 e. The Morgan fingerprint density at radius 3 is 2.61 bits per heavy atom. The number of ether oxygens (including phenoxy) is 1. The van der Waals surface area contributed by atoms with Gasteiger partial charge < -0.3 is 15.0 Å². The van der Waals surface area contributed by atoms with Gasteiger partial charge in [0.1, 0.15) is 6.54 Å². The zero-order chi connectivity index (χ0) is 28.8. The van der Waals surface area contributed by atoms with Crippen molar-refractivity contribution in [2.75, 3.05) is 44.7 Å². The van der Waals surface area contributed by atoms with Crippen LogP contribution in [0.4, 0.5) is 5.69 Å². The Hall–Kier alpha value is -4.24. The molecule has 3 heterocycles. The molecule has 4 aromatic rings. The van der Waals surface area contributed by atoms with Crippen molar-refractivity contribution in [1.29, 1.82) is 0 Å². The fraction of sp³-hybridized carbons (Fsp3) is 0.375. The number of benzene rings is 2. The van der Waals surface area contributed by atoms with E-state index in [1.54, 1.807) is 0 Å². The first-order chi connectivity index (χ1) is 19.9. The van der Waals surface area contributed by atoms with Gasteiger partial charge in [-0.05, 0) is 54.3 Å². The predicted molar refractivity (Wildman–Crippen MR) is 160 cm³/mol. The lowest BCUT2D eigenvalue weighted by Crippen LogP contribution is -2.38. The highest BCUT2D eigenvalue weighted by Gasteiger charge is 2.28. The number of rotatable bonds is 9. The Kier molecular flexibility index (Phi) is 8.94. The van der Waals surface area contributed by atoms with E-state index in [9.17, 15) is 9.59 Å². The van der Waals surface area contributed by atoms with Crippen molar-refractivity contribution in [1.82, 2.24) is 25.0 Å². The molecule has 1 amide bonds. The van der Waals surface area contributed by atoms with Crippen LogP contribution < -0.4 is 10.2 Å². The quantitative estimate of drug-likeness (QED) is 0.305. The average Bonchev–Trinajstić information content (AvgIpc) is 3.36. The number of hydrogen-bond acceptors (Lipinski definition) is 7. The summed E-state index contributed by atoms with van der Waals surface area (Å²) in [7, 11) is 1.31. The van der Waals surface area contributed by atoms with Gasteiger partial charge in [0, 0.05) is 50.4 Å². The number of nitrogens with zero attached hydrogens (tertiary/aromatic N) is 5. The molecule has 0 radical (unpaired) electrons. The summed E-state index contributed by atoms with van der Waals surface area (Å²) in [6.45, 7) is 7.55. The maximum absolute atomic E-state index is 13.0. The summed E-state index contributed by atoms with van der Waals surface area (Å²) in [4.78, 5) is 34.1. The standard InChI is InChI=1S/C32H38N6O3/c1-23(2)25-19-24-9-7-13-33-32(24)29(20-25)37-15-8-14-36(17-18-37)28(21-30(39)34-22-31(40)41-3)27-12-16-38(35-27)26-10-5-4-6-11-26/h4-7,9-13,16,19-20,23,28H,8,14-15,17-18,21-22H2,1-3H3,(H,34,39). The molecule has 1 aliphatic heterocycles. The molecule has 1 atom stereocenters. The molecule has 0 bridgehead atoms. The van der Waals surface area contributed by atoms with Crippen LogP contribution in [0.2, 0.25) is 0 Å². The van der Waals surface area contributed by atoms with Crippen molar-refractivity contribution in [3.05, 3.63) is 84.3 Å². The number of nitrogens with one attached hydrogen (secondary N) is 1. The van der Waals surface area contributed by atoms with Crippen LogP contribution in [0, 0.1) is 0 Å². The third-order valence-electron chi connectivity index (χ3n) is 7.69. The number of methoxy groups -OCH3 is 1. The van der Waals surface area contributed by atoms with E-state index in [2.05, 4.69) is 47.2 Å². The van der Waals surface area contributed by atoms with Crippen molar-refractivity contribution in [3.63, 3.8) is 0 Å². The van der Waals surface area contributed by atoms with E-state index < -0.39 is 5.97 Å². The van der Waals surface area contributed by atoms with Gasteiger partial charge in [0.2, 0.25) is 5.91 Å². The molecule has 1 N–H and O–H groups in total. The Labute approximate surface area is 241 Å². The van der Waals surface area contributed by atoms with Crippen LogP contribution in [0.25, 0.3) is 16.6 Å². The molecule has 9 heteroatoms. The van der Waals surface area contributed by atoms with Gasteiger partial charge in [-0.1, -0.05) is 38.1 Å². The van der Waals surface area contributed by atoms with Crippen molar-refractivity contribution in [2.45, 2.75) is 38.6 Å². The summed E-state index contributed by atoms with van der Waals surface area (Å²) in [6, 6.07) is 20.3. The van der Waals surface area contributed by atoms with Crippen LogP contribution in [-0.2, 0) is 14.3 Å². The Balaban J connectivity index is 1.40. The van der Waals surface area contributed by atoms with Gasteiger partial charge in [-0.2, -0.15) is 5.10 Å². The van der Waals surface area contributed by atoms with E-state index >= 15 is 0 Å². The lowest BCUT2D eigenvalue weighted by atomic mass is 9.99. The molecule has 0 aliphatic carbocycles. The highest BCUT2D eigenvalue weighted by molar-refractivity contribution is 5.91. The number of pyridine rings is 1. The zero-order valence-electron chi connectivity index (χ0n) is 24.0. The molecule has 0 saturated carbocycles. The SMILES string of the molecule is COC(=O)CNC(=O)CC(c1ccn(-c2ccccc2)n1)N1CCCN(c2cc(C(C)C)cc3cccnc23)CC1. The molecule has 5 rings (SSSR count). The van der Waals surface area contributed by atoms with E-state index in [1.807, 2.05) is 59.5 Å².